The number of para-hydroxylation sites is 2. The molecule has 2 rings (SSSR count). The molecule has 1 unspecified atom stereocenters. The summed E-state index contributed by atoms with van der Waals surface area (Å²) in [5, 5.41) is 8.89. The van der Waals surface area contributed by atoms with Crippen molar-refractivity contribution in [2.45, 2.75) is 19.9 Å². The van der Waals surface area contributed by atoms with E-state index >= 15 is 0 Å². The van der Waals surface area contributed by atoms with E-state index in [1.165, 1.54) is 0 Å². The Morgan fingerprint density at radius 3 is 2.86 bits per heavy atom. The summed E-state index contributed by atoms with van der Waals surface area (Å²) >= 11 is 0. The fraction of sp³-hybridized carbons (Fsp3) is 0.273. The molecule has 1 aromatic heterocycles. The van der Waals surface area contributed by atoms with Gasteiger partial charge in [0.15, 0.2) is 0 Å². The average Bonchev–Trinajstić information content (AvgIpc) is 2.53. The minimum atomic E-state index is -0.164. The molecule has 0 spiro atoms. The van der Waals surface area contributed by atoms with Gasteiger partial charge < -0.3 is 4.57 Å². The molecule has 0 aliphatic carbocycles. The van der Waals surface area contributed by atoms with Crippen LogP contribution in [0.4, 0.5) is 0 Å². The summed E-state index contributed by atoms with van der Waals surface area (Å²) in [5.41, 5.74) is 1.98. The molecule has 0 bridgehead atoms. The number of aromatic nitrogens is 2. The molecular formula is C11H11N3. The number of fused-ring (bicyclic) bond motifs is 1. The second-order valence-electron chi connectivity index (χ2n) is 3.32. The van der Waals surface area contributed by atoms with Crippen LogP contribution < -0.4 is 0 Å². The maximum absolute atomic E-state index is 8.89. The van der Waals surface area contributed by atoms with Crippen molar-refractivity contribution < 1.29 is 0 Å². The Labute approximate surface area is 82.6 Å². The fourth-order valence-electron chi connectivity index (χ4n) is 1.71. The largest absolute Gasteiger partial charge is 0.312 e. The third-order valence-electron chi connectivity index (χ3n) is 2.35. The summed E-state index contributed by atoms with van der Waals surface area (Å²) in [6, 6.07) is 9.93. The number of nitriles is 1. The van der Waals surface area contributed by atoms with E-state index in [2.05, 4.69) is 11.1 Å². The molecule has 70 valence electrons. The van der Waals surface area contributed by atoms with Gasteiger partial charge in [-0.2, -0.15) is 5.26 Å². The molecule has 0 saturated heterocycles. The Morgan fingerprint density at radius 1 is 1.43 bits per heavy atom. The zero-order valence-electron chi connectivity index (χ0n) is 8.23. The summed E-state index contributed by atoms with van der Waals surface area (Å²) in [6.45, 7) is 3.80. The van der Waals surface area contributed by atoms with E-state index in [-0.39, 0.29) is 6.04 Å². The molecule has 3 nitrogen and oxygen atoms in total. The highest BCUT2D eigenvalue weighted by molar-refractivity contribution is 5.76. The smallest absolute Gasteiger partial charge is 0.119 e. The van der Waals surface area contributed by atoms with Gasteiger partial charge in [-0.25, -0.2) is 4.98 Å². The van der Waals surface area contributed by atoms with Crippen molar-refractivity contribution in [2.24, 2.45) is 0 Å². The van der Waals surface area contributed by atoms with Crippen LogP contribution >= 0.6 is 0 Å². The van der Waals surface area contributed by atoms with Crippen LogP contribution in [0.3, 0.4) is 0 Å². The monoisotopic (exact) mass is 185 g/mol. The summed E-state index contributed by atoms with van der Waals surface area (Å²) in [5.74, 6) is 0.889. The SMILES string of the molecule is Cc1nc2ccccc2n1C(C)C#N. The Bertz CT molecular complexity index is 505. The third kappa shape index (κ3) is 1.16. The predicted molar refractivity (Wildman–Crippen MR) is 54.8 cm³/mol. The lowest BCUT2D eigenvalue weighted by molar-refractivity contribution is 0.670. The van der Waals surface area contributed by atoms with Gasteiger partial charge in [0.2, 0.25) is 0 Å². The molecule has 0 aliphatic heterocycles. The van der Waals surface area contributed by atoms with Crippen LogP contribution in [-0.2, 0) is 0 Å². The lowest BCUT2D eigenvalue weighted by Crippen LogP contribution is -2.04. The number of rotatable bonds is 1. The van der Waals surface area contributed by atoms with Crippen LogP contribution in [0.25, 0.3) is 11.0 Å². The number of benzene rings is 1. The Morgan fingerprint density at radius 2 is 2.14 bits per heavy atom. The average molecular weight is 185 g/mol. The first kappa shape index (κ1) is 8.76. The van der Waals surface area contributed by atoms with Gasteiger partial charge in [0.05, 0.1) is 17.1 Å². The van der Waals surface area contributed by atoms with E-state index in [0.29, 0.717) is 0 Å². The van der Waals surface area contributed by atoms with Crippen molar-refractivity contribution in [3.8, 4) is 6.07 Å². The van der Waals surface area contributed by atoms with Gasteiger partial charge >= 0.3 is 0 Å². The Hall–Kier alpha value is -1.82. The van der Waals surface area contributed by atoms with Gasteiger partial charge in [0.1, 0.15) is 11.9 Å². The maximum atomic E-state index is 8.89. The number of aryl methyl sites for hydroxylation is 1. The Kier molecular flexibility index (Phi) is 1.97. The van der Waals surface area contributed by atoms with Crippen LogP contribution in [0.1, 0.15) is 18.8 Å². The molecule has 0 aliphatic rings. The third-order valence-corrected chi connectivity index (χ3v) is 2.35. The molecule has 0 amide bonds. The van der Waals surface area contributed by atoms with E-state index in [0.717, 1.165) is 16.9 Å². The first-order valence-electron chi connectivity index (χ1n) is 4.57. The number of hydrogen-bond donors (Lipinski definition) is 0. The van der Waals surface area contributed by atoms with Crippen molar-refractivity contribution >= 4 is 11.0 Å². The van der Waals surface area contributed by atoms with Crippen LogP contribution in [0, 0.1) is 18.3 Å². The highest BCUT2D eigenvalue weighted by Crippen LogP contribution is 2.19. The van der Waals surface area contributed by atoms with Crippen LogP contribution in [0.15, 0.2) is 24.3 Å². The van der Waals surface area contributed by atoms with Gasteiger partial charge in [-0.15, -0.1) is 0 Å². The molecular weight excluding hydrogens is 174 g/mol. The van der Waals surface area contributed by atoms with Gasteiger partial charge in [0.25, 0.3) is 0 Å². The first-order chi connectivity index (χ1) is 6.74. The fourth-order valence-corrected chi connectivity index (χ4v) is 1.71. The summed E-state index contributed by atoms with van der Waals surface area (Å²) in [7, 11) is 0. The minimum absolute atomic E-state index is 0.164. The highest BCUT2D eigenvalue weighted by Gasteiger charge is 2.11. The number of imidazole rings is 1. The zero-order chi connectivity index (χ0) is 10.1. The number of nitrogens with zero attached hydrogens (tertiary/aromatic N) is 3. The van der Waals surface area contributed by atoms with Crippen LogP contribution in [0.5, 0.6) is 0 Å². The van der Waals surface area contributed by atoms with E-state index in [9.17, 15) is 0 Å². The molecule has 3 heteroatoms. The van der Waals surface area contributed by atoms with Crippen LogP contribution in [-0.4, -0.2) is 9.55 Å². The van der Waals surface area contributed by atoms with Crippen molar-refractivity contribution in [1.82, 2.24) is 9.55 Å². The van der Waals surface area contributed by atoms with Crippen molar-refractivity contribution in [3.05, 3.63) is 30.1 Å². The summed E-state index contributed by atoms with van der Waals surface area (Å²) < 4.78 is 1.95. The van der Waals surface area contributed by atoms with E-state index in [4.69, 9.17) is 5.26 Å². The molecule has 14 heavy (non-hydrogen) atoms. The van der Waals surface area contributed by atoms with Gasteiger partial charge in [-0.05, 0) is 26.0 Å². The molecule has 0 saturated carbocycles. The molecule has 0 N–H and O–H groups in total. The van der Waals surface area contributed by atoms with E-state index in [1.807, 2.05) is 42.7 Å². The lowest BCUT2D eigenvalue weighted by Gasteiger charge is -2.07. The van der Waals surface area contributed by atoms with Gasteiger partial charge in [-0.1, -0.05) is 12.1 Å². The van der Waals surface area contributed by atoms with E-state index < -0.39 is 0 Å². The van der Waals surface area contributed by atoms with Crippen molar-refractivity contribution in [1.29, 1.82) is 5.26 Å². The topological polar surface area (TPSA) is 41.6 Å². The van der Waals surface area contributed by atoms with Gasteiger partial charge in [0, 0.05) is 0 Å². The highest BCUT2D eigenvalue weighted by atomic mass is 15.1. The standard InChI is InChI=1S/C11H11N3/c1-8(7-12)14-9(2)13-10-5-3-4-6-11(10)14/h3-6,8H,1-2H3. The Balaban J connectivity index is 2.75. The summed E-state index contributed by atoms with van der Waals surface area (Å²) in [6.07, 6.45) is 0. The molecule has 1 atom stereocenters. The molecule has 0 fully saturated rings. The quantitative estimate of drug-likeness (QED) is 0.684. The zero-order valence-corrected chi connectivity index (χ0v) is 8.23. The second kappa shape index (κ2) is 3.15. The van der Waals surface area contributed by atoms with Gasteiger partial charge in [-0.3, -0.25) is 0 Å². The lowest BCUT2D eigenvalue weighted by atomic mass is 10.3. The summed E-state index contributed by atoms with van der Waals surface area (Å²) in [4.78, 5) is 4.39. The van der Waals surface area contributed by atoms with Crippen molar-refractivity contribution in [3.63, 3.8) is 0 Å². The maximum Gasteiger partial charge on any atom is 0.119 e. The molecule has 0 radical (unpaired) electrons. The second-order valence-corrected chi connectivity index (χ2v) is 3.32. The normalized spacial score (nSPS) is 12.6. The predicted octanol–water partition coefficient (Wildman–Crippen LogP) is 2.43. The van der Waals surface area contributed by atoms with E-state index in [1.54, 1.807) is 0 Å². The van der Waals surface area contributed by atoms with Crippen molar-refractivity contribution in [2.75, 3.05) is 0 Å². The molecule has 2 aromatic rings. The molecule has 1 heterocycles. The van der Waals surface area contributed by atoms with Crippen LogP contribution in [0.2, 0.25) is 0 Å². The minimum Gasteiger partial charge on any atom is -0.312 e. The first-order valence-corrected chi connectivity index (χ1v) is 4.57. The molecule has 1 aromatic carbocycles. The number of hydrogen-bond acceptors (Lipinski definition) is 2.